The van der Waals surface area contributed by atoms with Crippen molar-refractivity contribution < 1.29 is 18.0 Å². The minimum atomic E-state index is -4.06. The summed E-state index contributed by atoms with van der Waals surface area (Å²) in [4.78, 5) is 30.7. The molecular weight excluding hydrogens is 484 g/mol. The zero-order valence-electron chi connectivity index (χ0n) is 20.1. The first-order valence-corrected chi connectivity index (χ1v) is 13.4. The number of sulfonamides is 1. The topological polar surface area (TPSA) is 154 Å². The van der Waals surface area contributed by atoms with E-state index in [9.17, 15) is 18.0 Å². The van der Waals surface area contributed by atoms with Gasteiger partial charge in [0.15, 0.2) is 17.5 Å². The molecule has 5 rings (SSSR count). The zero-order valence-corrected chi connectivity index (χ0v) is 21.0. The van der Waals surface area contributed by atoms with Gasteiger partial charge in [-0.15, -0.1) is 14.6 Å². The molecule has 1 unspecified atom stereocenters. The Morgan fingerprint density at radius 2 is 1.97 bits per heavy atom. The number of carbonyl (C=O) groups is 2. The fourth-order valence-electron chi connectivity index (χ4n) is 4.70. The molecule has 2 aromatic rings. The summed E-state index contributed by atoms with van der Waals surface area (Å²) in [6.07, 6.45) is 1.69. The molecule has 1 aromatic carbocycles. The number of nitrogens with one attached hydrogen (secondary N) is 2. The number of carbonyl (C=O) groups excluding carboxylic acids is 2. The lowest BCUT2D eigenvalue weighted by Crippen LogP contribution is -2.53. The molecule has 0 bridgehead atoms. The van der Waals surface area contributed by atoms with Crippen molar-refractivity contribution in [2.45, 2.75) is 33.1 Å². The Labute approximate surface area is 208 Å². The van der Waals surface area contributed by atoms with Crippen LogP contribution < -0.4 is 10.2 Å². The highest BCUT2D eigenvalue weighted by molar-refractivity contribution is 7.94. The van der Waals surface area contributed by atoms with E-state index in [1.165, 1.54) is 0 Å². The first kappa shape index (κ1) is 24.3. The lowest BCUT2D eigenvalue weighted by molar-refractivity contribution is -0.119. The zero-order chi connectivity index (χ0) is 25.4. The second-order valence-electron chi connectivity index (χ2n) is 9.57. The maximum Gasteiger partial charge on any atom is 0.283 e. The number of hydrogen-bond acceptors (Lipinski definition) is 9. The SMILES string of the molecule is CC(C)CCN1C(=O)C(C2=NS(=O)(=O)C3=C(CCN(CCc4nn[nH]n4)C3)N2)C(=O)c2ccccc21. The molecule has 12 nitrogen and oxygen atoms in total. The largest absolute Gasteiger partial charge is 0.344 e. The Balaban J connectivity index is 1.40. The summed E-state index contributed by atoms with van der Waals surface area (Å²) in [5.41, 5.74) is 1.44. The fraction of sp³-hybridized carbons (Fsp3) is 0.478. The molecule has 1 aromatic heterocycles. The van der Waals surface area contributed by atoms with E-state index in [0.717, 1.165) is 6.42 Å². The van der Waals surface area contributed by atoms with Crippen LogP contribution in [0.5, 0.6) is 0 Å². The first-order valence-electron chi connectivity index (χ1n) is 12.0. The van der Waals surface area contributed by atoms with Gasteiger partial charge in [-0.3, -0.25) is 14.5 Å². The number of Topliss-reactive ketones (excluding diaryl/α,β-unsaturated/α-hetero) is 1. The third-order valence-electron chi connectivity index (χ3n) is 6.67. The molecule has 0 aliphatic carbocycles. The van der Waals surface area contributed by atoms with Crippen molar-refractivity contribution in [1.82, 2.24) is 30.8 Å². The van der Waals surface area contributed by atoms with Crippen LogP contribution in [0.4, 0.5) is 5.69 Å². The summed E-state index contributed by atoms with van der Waals surface area (Å²) in [6, 6.07) is 6.94. The standard InChI is InChI=1S/C23H28N8O4S/c1-14(2)7-12-31-17-6-4-3-5-15(17)21(32)20(23(31)33)22-24-16-8-10-30(11-9-19-25-28-29-26-19)13-18(16)36(34,35)27-22/h3-6,14,20H,7-13H2,1-2H3,(H,24,27)(H,25,26,28,29). The molecule has 0 radical (unpaired) electrons. The Kier molecular flexibility index (Phi) is 6.43. The quantitative estimate of drug-likeness (QED) is 0.515. The number of tetrazole rings is 1. The molecule has 0 saturated carbocycles. The summed E-state index contributed by atoms with van der Waals surface area (Å²) < 4.78 is 30.4. The number of aromatic amines is 1. The molecule has 36 heavy (non-hydrogen) atoms. The molecule has 3 aliphatic heterocycles. The van der Waals surface area contributed by atoms with Gasteiger partial charge in [0, 0.05) is 50.3 Å². The van der Waals surface area contributed by atoms with Crippen LogP contribution in [-0.2, 0) is 21.2 Å². The highest BCUT2D eigenvalue weighted by Gasteiger charge is 2.45. The van der Waals surface area contributed by atoms with Gasteiger partial charge in [0.05, 0.1) is 5.69 Å². The first-order chi connectivity index (χ1) is 17.2. The minimum absolute atomic E-state index is 0.118. The highest BCUT2D eigenvalue weighted by Crippen LogP contribution is 2.34. The van der Waals surface area contributed by atoms with Crippen LogP contribution in [0, 0.1) is 11.8 Å². The third kappa shape index (κ3) is 4.55. The van der Waals surface area contributed by atoms with Gasteiger partial charge in [0.1, 0.15) is 10.7 Å². The number of H-pyrrole nitrogens is 1. The third-order valence-corrected chi connectivity index (χ3v) is 8.11. The smallest absolute Gasteiger partial charge is 0.283 e. The molecule has 0 fully saturated rings. The lowest BCUT2D eigenvalue weighted by atomic mass is 9.88. The molecule has 3 aliphatic rings. The normalized spacial score (nSPS) is 21.8. The van der Waals surface area contributed by atoms with Crippen LogP contribution in [0.3, 0.4) is 0 Å². The number of fused-ring (bicyclic) bond motifs is 1. The number of para-hydroxylation sites is 1. The van der Waals surface area contributed by atoms with Crippen LogP contribution in [-0.4, -0.2) is 77.6 Å². The number of ketones is 1. The van der Waals surface area contributed by atoms with Crippen molar-refractivity contribution in [3.63, 3.8) is 0 Å². The van der Waals surface area contributed by atoms with Gasteiger partial charge < -0.3 is 10.2 Å². The molecule has 190 valence electrons. The molecule has 1 atom stereocenters. The van der Waals surface area contributed by atoms with E-state index in [-0.39, 0.29) is 17.3 Å². The average Bonchev–Trinajstić information content (AvgIpc) is 3.36. The van der Waals surface area contributed by atoms with Gasteiger partial charge in [-0.05, 0) is 24.5 Å². The second-order valence-corrected chi connectivity index (χ2v) is 11.2. The number of amidine groups is 1. The Morgan fingerprint density at radius 1 is 1.17 bits per heavy atom. The van der Waals surface area contributed by atoms with E-state index in [1.807, 2.05) is 4.90 Å². The minimum Gasteiger partial charge on any atom is -0.344 e. The van der Waals surface area contributed by atoms with E-state index in [0.29, 0.717) is 61.2 Å². The van der Waals surface area contributed by atoms with E-state index in [2.05, 4.69) is 44.2 Å². The van der Waals surface area contributed by atoms with Crippen molar-refractivity contribution in [3.05, 3.63) is 46.3 Å². The van der Waals surface area contributed by atoms with Crippen LogP contribution >= 0.6 is 0 Å². The second kappa shape index (κ2) is 9.54. The molecule has 4 heterocycles. The van der Waals surface area contributed by atoms with Crippen LogP contribution in [0.15, 0.2) is 39.3 Å². The van der Waals surface area contributed by atoms with E-state index >= 15 is 0 Å². The van der Waals surface area contributed by atoms with Gasteiger partial charge >= 0.3 is 0 Å². The number of benzene rings is 1. The lowest BCUT2D eigenvalue weighted by Gasteiger charge is -2.37. The van der Waals surface area contributed by atoms with Gasteiger partial charge in [0.25, 0.3) is 10.0 Å². The molecule has 2 N–H and O–H groups in total. The van der Waals surface area contributed by atoms with Gasteiger partial charge in [-0.25, -0.2) is 0 Å². The molecular formula is C23H28N8O4S. The Morgan fingerprint density at radius 3 is 2.72 bits per heavy atom. The predicted molar refractivity (Wildman–Crippen MR) is 132 cm³/mol. The predicted octanol–water partition coefficient (Wildman–Crippen LogP) is 0.883. The summed E-state index contributed by atoms with van der Waals surface area (Å²) in [7, 11) is -4.06. The average molecular weight is 513 g/mol. The van der Waals surface area contributed by atoms with E-state index in [1.54, 1.807) is 29.2 Å². The summed E-state index contributed by atoms with van der Waals surface area (Å²) in [5.74, 6) is -1.44. The Hall–Kier alpha value is -3.45. The highest BCUT2D eigenvalue weighted by atomic mass is 32.2. The maximum absolute atomic E-state index is 13.6. The van der Waals surface area contributed by atoms with Crippen LogP contribution in [0.1, 0.15) is 42.9 Å². The van der Waals surface area contributed by atoms with Crippen molar-refractivity contribution in [2.24, 2.45) is 16.2 Å². The summed E-state index contributed by atoms with van der Waals surface area (Å²) in [5, 5.41) is 16.8. The maximum atomic E-state index is 13.6. The van der Waals surface area contributed by atoms with Crippen molar-refractivity contribution in [3.8, 4) is 0 Å². The monoisotopic (exact) mass is 512 g/mol. The van der Waals surface area contributed by atoms with Gasteiger partial charge in [-0.1, -0.05) is 31.2 Å². The fourth-order valence-corrected chi connectivity index (χ4v) is 6.03. The van der Waals surface area contributed by atoms with E-state index in [4.69, 9.17) is 0 Å². The number of hydrogen-bond donors (Lipinski definition) is 2. The molecule has 0 spiro atoms. The van der Waals surface area contributed by atoms with E-state index < -0.39 is 27.6 Å². The van der Waals surface area contributed by atoms with Crippen molar-refractivity contribution in [1.29, 1.82) is 0 Å². The van der Waals surface area contributed by atoms with Crippen molar-refractivity contribution >= 4 is 33.2 Å². The summed E-state index contributed by atoms with van der Waals surface area (Å²) in [6.45, 7) is 5.89. The number of rotatable bonds is 7. The molecule has 13 heteroatoms. The number of anilines is 1. The number of aromatic nitrogens is 4. The van der Waals surface area contributed by atoms with Gasteiger partial charge in [-0.2, -0.15) is 13.6 Å². The number of amides is 1. The summed E-state index contributed by atoms with van der Waals surface area (Å²) >= 11 is 0. The number of nitrogens with zero attached hydrogens (tertiary/aromatic N) is 6. The van der Waals surface area contributed by atoms with Crippen LogP contribution in [0.2, 0.25) is 0 Å². The van der Waals surface area contributed by atoms with Crippen LogP contribution in [0.25, 0.3) is 0 Å². The Bertz CT molecular complexity index is 1350. The molecule has 0 saturated heterocycles. The van der Waals surface area contributed by atoms with Gasteiger partial charge in [0.2, 0.25) is 5.91 Å². The molecule has 1 amide bonds. The van der Waals surface area contributed by atoms with Crippen molar-refractivity contribution in [2.75, 3.05) is 31.1 Å².